The zero-order valence-corrected chi connectivity index (χ0v) is 21.8. The van der Waals surface area contributed by atoms with Crippen LogP contribution in [0.25, 0.3) is 11.1 Å². The maximum Gasteiger partial charge on any atom is 0.210 e. The molecular weight excluding hydrogens is 510 g/mol. The van der Waals surface area contributed by atoms with Crippen LogP contribution >= 0.6 is 0 Å². The highest BCUT2D eigenvalue weighted by Gasteiger charge is 2.25. The van der Waals surface area contributed by atoms with E-state index in [0.29, 0.717) is 22.5 Å². The first-order valence-corrected chi connectivity index (χ1v) is 14.0. The summed E-state index contributed by atoms with van der Waals surface area (Å²) in [6, 6.07) is 19.6. The maximum atomic E-state index is 13.4. The fourth-order valence-corrected chi connectivity index (χ4v) is 7.08. The molecule has 0 amide bonds. The molecule has 192 valence electrons. The van der Waals surface area contributed by atoms with Crippen LogP contribution in [0.15, 0.2) is 98.4 Å². The van der Waals surface area contributed by atoms with Crippen LogP contribution in [0.3, 0.4) is 0 Å². The molecule has 0 atom stereocenters. The molecule has 0 fully saturated rings. The normalized spacial score (nSPS) is 11.8. The number of hydrogen-bond donors (Lipinski definition) is 4. The highest BCUT2D eigenvalue weighted by molar-refractivity contribution is 7.92. The van der Waals surface area contributed by atoms with Crippen molar-refractivity contribution in [3.05, 3.63) is 78.9 Å². The zero-order chi connectivity index (χ0) is 27.1. The molecule has 0 unspecified atom stereocenters. The minimum absolute atomic E-state index is 0.0143. The van der Waals surface area contributed by atoms with Crippen LogP contribution in [0, 0.1) is 0 Å². The number of benzene rings is 4. The number of nitrogens with two attached hydrogens (primary N) is 4. The Morgan fingerprint density at radius 2 is 1.24 bits per heavy atom. The summed E-state index contributed by atoms with van der Waals surface area (Å²) in [7, 11) is -4.41. The van der Waals surface area contributed by atoms with Gasteiger partial charge in [0.25, 0.3) is 0 Å². The third-order valence-electron chi connectivity index (χ3n) is 5.91. The van der Waals surface area contributed by atoms with Gasteiger partial charge in [0, 0.05) is 31.0 Å². The Balaban J connectivity index is 1.74. The summed E-state index contributed by atoms with van der Waals surface area (Å²) in [5.41, 5.74) is 26.2. The lowest BCUT2D eigenvalue weighted by Gasteiger charge is -2.18. The van der Waals surface area contributed by atoms with Crippen molar-refractivity contribution in [3.63, 3.8) is 0 Å². The van der Waals surface area contributed by atoms with Crippen molar-refractivity contribution >= 4 is 48.1 Å². The molecule has 0 aliphatic carbocycles. The van der Waals surface area contributed by atoms with Crippen molar-refractivity contribution in [2.24, 2.45) is 0 Å². The second-order valence-electron chi connectivity index (χ2n) is 8.67. The average Bonchev–Trinajstić information content (AvgIpc) is 2.85. The lowest BCUT2D eigenvalue weighted by atomic mass is 10.0. The smallest absolute Gasteiger partial charge is 0.210 e. The lowest BCUT2D eigenvalue weighted by Crippen LogP contribution is -2.14. The van der Waals surface area contributed by atoms with E-state index in [0.717, 1.165) is 0 Å². The molecule has 0 heterocycles. The van der Waals surface area contributed by atoms with Crippen LogP contribution < -0.4 is 27.8 Å². The monoisotopic (exact) mass is 537 g/mol. The summed E-state index contributed by atoms with van der Waals surface area (Å²) in [5.74, 6) is 0. The van der Waals surface area contributed by atoms with Gasteiger partial charge in [-0.05, 0) is 60.2 Å². The van der Waals surface area contributed by atoms with E-state index >= 15 is 0 Å². The Labute approximate surface area is 216 Å². The van der Waals surface area contributed by atoms with Gasteiger partial charge in [-0.2, -0.15) is 0 Å². The van der Waals surface area contributed by atoms with Crippen LogP contribution in [0.4, 0.5) is 28.4 Å². The molecule has 0 saturated carbocycles. The van der Waals surface area contributed by atoms with Crippen LogP contribution in [-0.4, -0.2) is 30.9 Å². The van der Waals surface area contributed by atoms with Crippen molar-refractivity contribution < 1.29 is 16.8 Å². The first kappa shape index (κ1) is 25.9. The van der Waals surface area contributed by atoms with Crippen LogP contribution in [0.2, 0.25) is 0 Å². The lowest BCUT2D eigenvalue weighted by molar-refractivity contribution is 0.594. The molecule has 4 rings (SSSR count). The van der Waals surface area contributed by atoms with Gasteiger partial charge in [-0.1, -0.05) is 24.3 Å². The predicted molar refractivity (Wildman–Crippen MR) is 148 cm³/mol. The summed E-state index contributed by atoms with van der Waals surface area (Å²) in [4.78, 5) is 1.62. The van der Waals surface area contributed by atoms with E-state index < -0.39 is 19.7 Å². The second kappa shape index (κ2) is 9.34. The van der Waals surface area contributed by atoms with Gasteiger partial charge >= 0.3 is 0 Å². The Morgan fingerprint density at radius 3 is 1.86 bits per heavy atom. The Morgan fingerprint density at radius 1 is 0.595 bits per heavy atom. The molecule has 0 radical (unpaired) electrons. The molecule has 8 N–H and O–H groups in total. The van der Waals surface area contributed by atoms with Crippen molar-refractivity contribution in [1.29, 1.82) is 0 Å². The Bertz CT molecular complexity index is 1720. The van der Waals surface area contributed by atoms with Crippen molar-refractivity contribution in [1.82, 2.24) is 0 Å². The highest BCUT2D eigenvalue weighted by Crippen LogP contribution is 2.37. The summed E-state index contributed by atoms with van der Waals surface area (Å²) in [6.07, 6.45) is 0. The molecule has 9 nitrogen and oxygen atoms in total. The third kappa shape index (κ3) is 4.66. The van der Waals surface area contributed by atoms with Gasteiger partial charge in [-0.3, -0.25) is 0 Å². The largest absolute Gasteiger partial charge is 0.399 e. The molecule has 0 aliphatic rings. The van der Waals surface area contributed by atoms with Gasteiger partial charge in [0.1, 0.15) is 0 Å². The first-order valence-electron chi connectivity index (χ1n) is 11.0. The van der Waals surface area contributed by atoms with E-state index in [-0.39, 0.29) is 36.6 Å². The number of nitrogen functional groups attached to an aromatic ring is 4. The SMILES string of the molecule is CN(C)c1ccc(N)cc1S(=O)(=O)c1ccc(-c2cc(N)c(S(=O)(=O)c3ccccc3N)cc2N)cc1. The minimum atomic E-state index is -4.02. The Hall–Kier alpha value is -4.22. The fraction of sp³-hybridized carbons (Fsp3) is 0.0769. The van der Waals surface area contributed by atoms with E-state index in [4.69, 9.17) is 22.9 Å². The van der Waals surface area contributed by atoms with Crippen molar-refractivity contribution in [2.45, 2.75) is 19.6 Å². The molecule has 0 saturated heterocycles. The number of anilines is 5. The van der Waals surface area contributed by atoms with E-state index in [1.54, 1.807) is 55.4 Å². The van der Waals surface area contributed by atoms with Gasteiger partial charge in [-0.25, -0.2) is 16.8 Å². The molecule has 0 aliphatic heterocycles. The van der Waals surface area contributed by atoms with Gasteiger partial charge < -0.3 is 27.8 Å². The quantitative estimate of drug-likeness (QED) is 0.268. The van der Waals surface area contributed by atoms with E-state index in [9.17, 15) is 16.8 Å². The number of nitrogens with zero attached hydrogens (tertiary/aromatic N) is 1. The number of para-hydroxylation sites is 1. The summed E-state index contributed by atoms with van der Waals surface area (Å²) in [5, 5.41) is 0. The second-order valence-corrected chi connectivity index (χ2v) is 12.5. The van der Waals surface area contributed by atoms with E-state index in [1.807, 2.05) is 0 Å². The van der Waals surface area contributed by atoms with E-state index in [1.165, 1.54) is 42.5 Å². The van der Waals surface area contributed by atoms with Gasteiger partial charge in [-0.15, -0.1) is 0 Å². The molecule has 0 aromatic heterocycles. The summed E-state index contributed by atoms with van der Waals surface area (Å²) < 4.78 is 53.1. The minimum Gasteiger partial charge on any atom is -0.399 e. The van der Waals surface area contributed by atoms with Crippen molar-refractivity contribution in [3.8, 4) is 11.1 Å². The predicted octanol–water partition coefficient (Wildman–Crippen LogP) is 3.41. The first-order chi connectivity index (χ1) is 17.3. The topological polar surface area (TPSA) is 176 Å². The summed E-state index contributed by atoms with van der Waals surface area (Å²) in [6.45, 7) is 0. The maximum absolute atomic E-state index is 13.4. The van der Waals surface area contributed by atoms with Gasteiger partial charge in [0.2, 0.25) is 19.7 Å². The van der Waals surface area contributed by atoms with Gasteiger partial charge in [0.15, 0.2) is 0 Å². The molecule has 4 aromatic rings. The average molecular weight is 538 g/mol. The molecule has 0 spiro atoms. The number of sulfone groups is 2. The standard InChI is InChI=1S/C26H27N5O4S2/c1-31(2)23-12-9-17(27)13-26(23)36(32,33)18-10-7-16(8-11-18)19-14-22(30)25(15-21(19)29)37(34,35)24-6-4-3-5-20(24)28/h3-15H,27-30H2,1-2H3. The molecule has 37 heavy (non-hydrogen) atoms. The molecule has 4 aromatic carbocycles. The van der Waals surface area contributed by atoms with Gasteiger partial charge in [0.05, 0.1) is 36.6 Å². The van der Waals surface area contributed by atoms with Crippen LogP contribution in [0.5, 0.6) is 0 Å². The highest BCUT2D eigenvalue weighted by atomic mass is 32.2. The molecular formula is C26H27N5O4S2. The van der Waals surface area contributed by atoms with E-state index in [2.05, 4.69) is 0 Å². The third-order valence-corrected chi connectivity index (χ3v) is 9.59. The van der Waals surface area contributed by atoms with Crippen molar-refractivity contribution in [2.75, 3.05) is 41.9 Å². The summed E-state index contributed by atoms with van der Waals surface area (Å²) >= 11 is 0. The number of rotatable bonds is 6. The van der Waals surface area contributed by atoms with Crippen LogP contribution in [0.1, 0.15) is 0 Å². The molecule has 0 bridgehead atoms. The Kier molecular flexibility index (Phi) is 6.53. The fourth-order valence-electron chi connectivity index (χ4n) is 3.99. The van der Waals surface area contributed by atoms with Crippen LogP contribution in [-0.2, 0) is 19.7 Å². The zero-order valence-electron chi connectivity index (χ0n) is 20.2. The number of hydrogen-bond acceptors (Lipinski definition) is 9. The molecule has 11 heteroatoms.